The number of rotatable bonds is 8. The molecule has 0 aliphatic carbocycles. The van der Waals surface area contributed by atoms with Crippen LogP contribution in [0.2, 0.25) is 0 Å². The molecule has 3 fully saturated rings. The molecular weight excluding hydrogens is 574 g/mol. The molecule has 2 aromatic heterocycles. The molecule has 0 unspecified atom stereocenters. The average molecular weight is 620 g/mol. The molecule has 1 amide bonds. The second-order valence-electron chi connectivity index (χ2n) is 13.8. The van der Waals surface area contributed by atoms with E-state index in [1.54, 1.807) is 0 Å². The summed E-state index contributed by atoms with van der Waals surface area (Å²) >= 11 is 0. The minimum atomic E-state index is 0.202. The van der Waals surface area contributed by atoms with Crippen LogP contribution >= 0.6 is 0 Å². The van der Waals surface area contributed by atoms with Crippen molar-refractivity contribution in [1.82, 2.24) is 25.0 Å². The SMILES string of the molecule is CC(C)c1ccc(-c2ccc(Oc3cc4nc(C5CCN(C6CCOCC6)CC5)ccc4cc3CN3C[C@@H](C)CC3=O)cc2)nn1. The summed E-state index contributed by atoms with van der Waals surface area (Å²) in [5, 5.41) is 9.89. The Morgan fingerprint density at radius 3 is 2.39 bits per heavy atom. The zero-order chi connectivity index (χ0) is 31.6. The molecule has 0 radical (unpaired) electrons. The topological polar surface area (TPSA) is 80.7 Å². The van der Waals surface area contributed by atoms with Gasteiger partial charge in [0.25, 0.3) is 0 Å². The maximum atomic E-state index is 12.7. The molecule has 8 heteroatoms. The molecule has 2 aromatic carbocycles. The molecule has 0 saturated carbocycles. The van der Waals surface area contributed by atoms with Crippen molar-refractivity contribution in [2.75, 3.05) is 32.8 Å². The van der Waals surface area contributed by atoms with E-state index >= 15 is 0 Å². The number of carbonyl (C=O) groups excluding carboxylic acids is 1. The summed E-state index contributed by atoms with van der Waals surface area (Å²) in [6.45, 7) is 11.7. The molecule has 4 aromatic rings. The normalized spacial score (nSPS) is 20.2. The number of hydrogen-bond donors (Lipinski definition) is 0. The van der Waals surface area contributed by atoms with Crippen LogP contribution in [-0.4, -0.2) is 69.8 Å². The molecule has 3 saturated heterocycles. The highest BCUT2D eigenvalue weighted by Crippen LogP contribution is 2.35. The van der Waals surface area contributed by atoms with Gasteiger partial charge in [-0.2, -0.15) is 10.2 Å². The Morgan fingerprint density at radius 2 is 1.72 bits per heavy atom. The molecule has 0 N–H and O–H groups in total. The van der Waals surface area contributed by atoms with Crippen LogP contribution in [0.25, 0.3) is 22.2 Å². The summed E-state index contributed by atoms with van der Waals surface area (Å²) in [5.74, 6) is 2.84. The van der Waals surface area contributed by atoms with Crippen LogP contribution in [0.4, 0.5) is 0 Å². The van der Waals surface area contributed by atoms with Gasteiger partial charge in [-0.05, 0) is 99.1 Å². The Bertz CT molecular complexity index is 1660. The molecule has 0 spiro atoms. The zero-order valence-corrected chi connectivity index (χ0v) is 27.3. The fourth-order valence-electron chi connectivity index (χ4n) is 7.22. The van der Waals surface area contributed by atoms with Crippen LogP contribution in [0, 0.1) is 5.92 Å². The highest BCUT2D eigenvalue weighted by atomic mass is 16.5. The summed E-state index contributed by atoms with van der Waals surface area (Å²) in [5.41, 5.74) is 5.89. The number of ether oxygens (including phenoxy) is 2. The van der Waals surface area contributed by atoms with Gasteiger partial charge in [-0.1, -0.05) is 26.8 Å². The van der Waals surface area contributed by atoms with Crippen molar-refractivity contribution in [2.45, 2.75) is 77.3 Å². The van der Waals surface area contributed by atoms with Gasteiger partial charge in [0, 0.05) is 73.0 Å². The van der Waals surface area contributed by atoms with Crippen molar-refractivity contribution in [1.29, 1.82) is 0 Å². The van der Waals surface area contributed by atoms with Crippen molar-refractivity contribution in [3.63, 3.8) is 0 Å². The van der Waals surface area contributed by atoms with Crippen molar-refractivity contribution in [2.24, 2.45) is 5.92 Å². The third-order valence-electron chi connectivity index (χ3n) is 9.97. The fraction of sp³-hybridized carbons (Fsp3) is 0.474. The summed E-state index contributed by atoms with van der Waals surface area (Å²) in [6.07, 6.45) is 5.15. The summed E-state index contributed by atoms with van der Waals surface area (Å²) in [6, 6.07) is 21.3. The van der Waals surface area contributed by atoms with Gasteiger partial charge in [0.2, 0.25) is 5.91 Å². The van der Waals surface area contributed by atoms with E-state index < -0.39 is 0 Å². The Morgan fingerprint density at radius 1 is 0.935 bits per heavy atom. The lowest BCUT2D eigenvalue weighted by Crippen LogP contribution is -2.43. The Balaban J connectivity index is 1.13. The van der Waals surface area contributed by atoms with E-state index in [9.17, 15) is 4.79 Å². The standard InChI is InChI=1S/C38H45N5O3/c1-25(2)33-10-11-35(41-40-33)27-4-7-32(8-5-27)46-37-22-36-29(21-30(37)24-43-23-26(3)20-38(43)44)6-9-34(39-36)28-12-16-42(17-13-28)31-14-18-45-19-15-31/h4-11,21-22,25-26,28,31H,12-20,23-24H2,1-3H3/t26-/m0/s1. The number of nitrogens with zero attached hydrogens (tertiary/aromatic N) is 5. The predicted molar refractivity (Wildman–Crippen MR) is 180 cm³/mol. The number of fused-ring (bicyclic) bond motifs is 1. The van der Waals surface area contributed by atoms with E-state index in [-0.39, 0.29) is 5.91 Å². The van der Waals surface area contributed by atoms with E-state index in [4.69, 9.17) is 14.5 Å². The van der Waals surface area contributed by atoms with Gasteiger partial charge in [0.15, 0.2) is 0 Å². The fourth-order valence-corrected chi connectivity index (χ4v) is 7.22. The van der Waals surface area contributed by atoms with E-state index in [2.05, 4.69) is 60.1 Å². The van der Waals surface area contributed by atoms with Gasteiger partial charge >= 0.3 is 0 Å². The number of amides is 1. The first-order valence-corrected chi connectivity index (χ1v) is 17.0. The summed E-state index contributed by atoms with van der Waals surface area (Å²) in [7, 11) is 0. The molecular formula is C38H45N5O3. The first-order valence-electron chi connectivity index (χ1n) is 17.0. The summed E-state index contributed by atoms with van der Waals surface area (Å²) in [4.78, 5) is 22.6. The Hall–Kier alpha value is -3.88. The molecule has 8 nitrogen and oxygen atoms in total. The number of likely N-dealkylation sites (tertiary alicyclic amines) is 2. The minimum absolute atomic E-state index is 0.202. The van der Waals surface area contributed by atoms with Gasteiger partial charge < -0.3 is 19.3 Å². The molecule has 0 bridgehead atoms. The zero-order valence-electron chi connectivity index (χ0n) is 27.3. The van der Waals surface area contributed by atoms with E-state index in [0.29, 0.717) is 36.8 Å². The summed E-state index contributed by atoms with van der Waals surface area (Å²) < 4.78 is 12.2. The smallest absolute Gasteiger partial charge is 0.223 e. The first-order chi connectivity index (χ1) is 22.4. The second-order valence-corrected chi connectivity index (χ2v) is 13.8. The van der Waals surface area contributed by atoms with Crippen molar-refractivity contribution >= 4 is 16.8 Å². The lowest BCUT2D eigenvalue weighted by Gasteiger charge is -2.39. The number of hydrogen-bond acceptors (Lipinski definition) is 7. The molecule has 240 valence electrons. The van der Waals surface area contributed by atoms with Crippen LogP contribution in [0.1, 0.15) is 81.7 Å². The molecule has 46 heavy (non-hydrogen) atoms. The van der Waals surface area contributed by atoms with Crippen LogP contribution in [0.15, 0.2) is 60.7 Å². The highest BCUT2D eigenvalue weighted by Gasteiger charge is 2.29. The third kappa shape index (κ3) is 6.79. The quantitative estimate of drug-likeness (QED) is 0.204. The average Bonchev–Trinajstić information content (AvgIpc) is 3.41. The Labute approximate surface area is 272 Å². The van der Waals surface area contributed by atoms with Gasteiger partial charge in [-0.3, -0.25) is 9.78 Å². The lowest BCUT2D eigenvalue weighted by atomic mass is 9.91. The Kier molecular flexibility index (Phi) is 9.00. The number of carbonyl (C=O) groups is 1. The van der Waals surface area contributed by atoms with Crippen molar-refractivity contribution < 1.29 is 14.3 Å². The molecule has 1 atom stereocenters. The largest absolute Gasteiger partial charge is 0.457 e. The maximum Gasteiger partial charge on any atom is 0.223 e. The number of piperidine rings is 1. The number of pyridine rings is 1. The van der Waals surface area contributed by atoms with Crippen LogP contribution in [0.5, 0.6) is 11.5 Å². The predicted octanol–water partition coefficient (Wildman–Crippen LogP) is 7.33. The van der Waals surface area contributed by atoms with Gasteiger partial charge in [-0.15, -0.1) is 0 Å². The van der Waals surface area contributed by atoms with Gasteiger partial charge in [0.05, 0.1) is 16.9 Å². The second kappa shape index (κ2) is 13.5. The monoisotopic (exact) mass is 619 g/mol. The maximum absolute atomic E-state index is 12.7. The van der Waals surface area contributed by atoms with Gasteiger partial charge in [-0.25, -0.2) is 0 Å². The highest BCUT2D eigenvalue weighted by molar-refractivity contribution is 5.83. The van der Waals surface area contributed by atoms with Crippen LogP contribution in [-0.2, 0) is 16.1 Å². The first kappa shape index (κ1) is 30.8. The lowest BCUT2D eigenvalue weighted by molar-refractivity contribution is -0.128. The third-order valence-corrected chi connectivity index (χ3v) is 9.97. The number of benzene rings is 2. The van der Waals surface area contributed by atoms with Gasteiger partial charge in [0.1, 0.15) is 11.5 Å². The van der Waals surface area contributed by atoms with Crippen molar-refractivity contribution in [3.8, 4) is 22.8 Å². The van der Waals surface area contributed by atoms with Crippen molar-refractivity contribution in [3.05, 3.63) is 77.6 Å². The van der Waals surface area contributed by atoms with Crippen LogP contribution < -0.4 is 4.74 Å². The molecule has 3 aliphatic rings. The van der Waals surface area contributed by atoms with E-state index in [0.717, 1.165) is 109 Å². The molecule has 5 heterocycles. The van der Waals surface area contributed by atoms with Crippen LogP contribution in [0.3, 0.4) is 0 Å². The van der Waals surface area contributed by atoms with E-state index in [1.807, 2.05) is 41.3 Å². The number of aromatic nitrogens is 3. The molecule has 3 aliphatic heterocycles. The minimum Gasteiger partial charge on any atom is -0.457 e. The van der Waals surface area contributed by atoms with E-state index in [1.165, 1.54) is 0 Å². The molecule has 7 rings (SSSR count).